The average molecular weight is 559 g/mol. The van der Waals surface area contributed by atoms with Crippen LogP contribution < -0.4 is 4.90 Å². The van der Waals surface area contributed by atoms with E-state index in [1.54, 1.807) is 21.9 Å². The molecule has 9 heteroatoms. The lowest BCUT2D eigenvalue weighted by Gasteiger charge is -2.34. The summed E-state index contributed by atoms with van der Waals surface area (Å²) in [5.41, 5.74) is 7.84. The zero-order chi connectivity index (χ0) is 29.3. The van der Waals surface area contributed by atoms with Crippen LogP contribution in [0.2, 0.25) is 0 Å². The number of aromatic carboxylic acids is 1. The number of nitrogens with zero attached hydrogens (tertiary/aromatic N) is 6. The molecule has 0 bridgehead atoms. The molecule has 4 aromatic heterocycles. The predicted octanol–water partition coefficient (Wildman–Crippen LogP) is 5.98. The monoisotopic (exact) mass is 558 g/mol. The summed E-state index contributed by atoms with van der Waals surface area (Å²) in [7, 11) is 1.94. The van der Waals surface area contributed by atoms with Gasteiger partial charge in [-0.1, -0.05) is 36.4 Å². The van der Waals surface area contributed by atoms with Gasteiger partial charge in [-0.15, -0.1) is 0 Å². The van der Waals surface area contributed by atoms with Crippen molar-refractivity contribution in [3.8, 4) is 11.1 Å². The van der Waals surface area contributed by atoms with Crippen molar-refractivity contribution < 1.29 is 14.7 Å². The van der Waals surface area contributed by atoms with Crippen molar-refractivity contribution in [2.45, 2.75) is 33.4 Å². The maximum absolute atomic E-state index is 14.4. The van der Waals surface area contributed by atoms with Crippen LogP contribution in [0.3, 0.4) is 0 Å². The zero-order valence-corrected chi connectivity index (χ0v) is 23.9. The number of carbonyl (C=O) groups excluding carboxylic acids is 1. The first-order valence-corrected chi connectivity index (χ1v) is 14.0. The third-order valence-electron chi connectivity index (χ3n) is 8.50. The molecule has 210 valence electrons. The second kappa shape index (κ2) is 9.44. The largest absolute Gasteiger partial charge is 0.477 e. The average Bonchev–Trinajstić information content (AvgIpc) is 3.61. The first-order valence-electron chi connectivity index (χ1n) is 14.0. The van der Waals surface area contributed by atoms with Crippen LogP contribution >= 0.6 is 0 Å². The fraction of sp³-hybridized carbons (Fsp3) is 0.212. The molecule has 2 aromatic carbocycles. The van der Waals surface area contributed by atoms with E-state index in [0.717, 1.165) is 49.9 Å². The highest BCUT2D eigenvalue weighted by Gasteiger charge is 2.37. The van der Waals surface area contributed by atoms with E-state index in [1.165, 1.54) is 0 Å². The van der Waals surface area contributed by atoms with E-state index < -0.39 is 5.97 Å². The Labute approximate surface area is 242 Å². The number of carboxylic acids is 1. The Balaban J connectivity index is 1.43. The number of anilines is 1. The summed E-state index contributed by atoms with van der Waals surface area (Å²) in [4.78, 5) is 33.0. The topological polar surface area (TPSA) is 98.2 Å². The van der Waals surface area contributed by atoms with Crippen molar-refractivity contribution in [2.24, 2.45) is 7.05 Å². The Hall–Kier alpha value is -5.18. The molecule has 1 unspecified atom stereocenters. The van der Waals surface area contributed by atoms with Gasteiger partial charge >= 0.3 is 5.97 Å². The van der Waals surface area contributed by atoms with E-state index in [0.29, 0.717) is 24.5 Å². The molecule has 1 atom stereocenters. The molecule has 0 saturated carbocycles. The number of aromatic nitrogens is 5. The maximum Gasteiger partial charge on any atom is 0.354 e. The standard InChI is InChI=1S/C33H30N6O3/c1-19-17-38(30-24-9-5-6-11-26(24)37(31(30)33(41)42)18-22-12-14-34-15-13-22)32(40)27-16-23-8-7-10-25(29(23)39(19)27)28-20(2)35-36(4)21(28)3/h5-16,19H,17-18H2,1-4H3,(H,41,42). The van der Waals surface area contributed by atoms with Crippen LogP contribution in [-0.2, 0) is 13.6 Å². The minimum absolute atomic E-state index is 0.0976. The van der Waals surface area contributed by atoms with Crippen LogP contribution in [0.4, 0.5) is 5.69 Å². The Morgan fingerprint density at radius 1 is 1.05 bits per heavy atom. The molecular weight excluding hydrogens is 528 g/mol. The Morgan fingerprint density at radius 2 is 1.81 bits per heavy atom. The van der Waals surface area contributed by atoms with Crippen LogP contribution in [0.1, 0.15) is 50.9 Å². The van der Waals surface area contributed by atoms with Gasteiger partial charge in [0, 0.05) is 66.2 Å². The van der Waals surface area contributed by atoms with Crippen molar-refractivity contribution >= 4 is 39.4 Å². The van der Waals surface area contributed by atoms with E-state index in [-0.39, 0.29) is 17.6 Å². The molecule has 1 N–H and O–H groups in total. The third-order valence-corrected chi connectivity index (χ3v) is 8.50. The first-order chi connectivity index (χ1) is 20.3. The lowest BCUT2D eigenvalue weighted by atomic mass is 10.0. The van der Waals surface area contributed by atoms with Gasteiger partial charge in [0.25, 0.3) is 5.91 Å². The molecule has 0 aliphatic carbocycles. The molecule has 1 aliphatic rings. The number of aryl methyl sites for hydroxylation is 2. The summed E-state index contributed by atoms with van der Waals surface area (Å²) < 4.78 is 5.79. The summed E-state index contributed by atoms with van der Waals surface area (Å²) in [6, 6.07) is 19.3. The van der Waals surface area contributed by atoms with Gasteiger partial charge in [-0.25, -0.2) is 4.79 Å². The third kappa shape index (κ3) is 3.69. The molecular formula is C33H30N6O3. The van der Waals surface area contributed by atoms with E-state index in [1.807, 2.05) is 73.3 Å². The number of carbonyl (C=O) groups is 2. The van der Waals surface area contributed by atoms with E-state index in [9.17, 15) is 14.7 Å². The molecule has 1 amide bonds. The number of carboxylic acid groups (broad SMARTS) is 1. The number of fused-ring (bicyclic) bond motifs is 4. The minimum Gasteiger partial charge on any atom is -0.477 e. The lowest BCUT2D eigenvalue weighted by molar-refractivity contribution is 0.0687. The highest BCUT2D eigenvalue weighted by atomic mass is 16.4. The van der Waals surface area contributed by atoms with E-state index in [2.05, 4.69) is 34.6 Å². The van der Waals surface area contributed by atoms with Gasteiger partial charge in [0.1, 0.15) is 5.69 Å². The summed E-state index contributed by atoms with van der Waals surface area (Å²) >= 11 is 0. The Bertz CT molecular complexity index is 2050. The normalized spacial score (nSPS) is 15.1. The summed E-state index contributed by atoms with van der Waals surface area (Å²) in [5.74, 6) is -1.30. The number of hydrogen-bond acceptors (Lipinski definition) is 4. The van der Waals surface area contributed by atoms with Gasteiger partial charge in [-0.2, -0.15) is 5.10 Å². The second-order valence-electron chi connectivity index (χ2n) is 11.0. The molecule has 42 heavy (non-hydrogen) atoms. The van der Waals surface area contributed by atoms with Gasteiger partial charge in [0.2, 0.25) is 0 Å². The Kier molecular flexibility index (Phi) is 5.79. The summed E-state index contributed by atoms with van der Waals surface area (Å²) in [6.45, 7) is 6.82. The number of pyridine rings is 1. The van der Waals surface area contributed by atoms with Crippen molar-refractivity contribution in [1.82, 2.24) is 23.9 Å². The highest BCUT2D eigenvalue weighted by molar-refractivity contribution is 6.17. The number of para-hydroxylation sites is 2. The van der Waals surface area contributed by atoms with Crippen LogP contribution in [0, 0.1) is 13.8 Å². The van der Waals surface area contributed by atoms with Crippen molar-refractivity contribution in [1.29, 1.82) is 0 Å². The van der Waals surface area contributed by atoms with Crippen LogP contribution in [-0.4, -0.2) is 47.4 Å². The number of benzene rings is 2. The van der Waals surface area contributed by atoms with Gasteiger partial charge < -0.3 is 19.1 Å². The smallest absolute Gasteiger partial charge is 0.354 e. The van der Waals surface area contributed by atoms with Crippen LogP contribution in [0.15, 0.2) is 73.1 Å². The molecule has 0 saturated heterocycles. The maximum atomic E-state index is 14.4. The molecule has 7 rings (SSSR count). The molecule has 0 radical (unpaired) electrons. The molecule has 5 heterocycles. The Morgan fingerprint density at radius 3 is 2.52 bits per heavy atom. The number of amides is 1. The molecule has 9 nitrogen and oxygen atoms in total. The quantitative estimate of drug-likeness (QED) is 0.281. The summed E-state index contributed by atoms with van der Waals surface area (Å²) in [5, 5.41) is 16.9. The van der Waals surface area contributed by atoms with E-state index >= 15 is 0 Å². The van der Waals surface area contributed by atoms with Gasteiger partial charge in [-0.3, -0.25) is 14.5 Å². The molecule has 6 aromatic rings. The second-order valence-corrected chi connectivity index (χ2v) is 11.0. The fourth-order valence-electron chi connectivity index (χ4n) is 6.64. The molecule has 1 aliphatic heterocycles. The SMILES string of the molecule is Cc1nn(C)c(C)c1-c1cccc2cc3n(c12)C(C)CN(c1c(C(=O)O)n(Cc2ccncc2)c2ccccc12)C3=O. The fourth-order valence-corrected chi connectivity index (χ4v) is 6.64. The number of rotatable bonds is 5. The van der Waals surface area contributed by atoms with Crippen LogP contribution in [0.5, 0.6) is 0 Å². The molecule has 0 fully saturated rings. The lowest BCUT2D eigenvalue weighted by Crippen LogP contribution is -2.42. The van der Waals surface area contributed by atoms with Gasteiger partial charge in [0.05, 0.1) is 22.4 Å². The van der Waals surface area contributed by atoms with Gasteiger partial charge in [-0.05, 0) is 50.6 Å². The first kappa shape index (κ1) is 25.8. The van der Waals surface area contributed by atoms with Crippen molar-refractivity contribution in [3.05, 3.63) is 101 Å². The zero-order valence-electron chi connectivity index (χ0n) is 23.9. The van der Waals surface area contributed by atoms with Crippen molar-refractivity contribution in [3.63, 3.8) is 0 Å². The summed E-state index contributed by atoms with van der Waals surface area (Å²) in [6.07, 6.45) is 3.39. The van der Waals surface area contributed by atoms with Gasteiger partial charge in [0.15, 0.2) is 5.69 Å². The van der Waals surface area contributed by atoms with Crippen molar-refractivity contribution in [2.75, 3.05) is 11.4 Å². The number of hydrogen-bond donors (Lipinski definition) is 1. The molecule has 0 spiro atoms. The predicted molar refractivity (Wildman–Crippen MR) is 162 cm³/mol. The van der Waals surface area contributed by atoms with E-state index in [4.69, 9.17) is 0 Å². The highest BCUT2D eigenvalue weighted by Crippen LogP contribution is 2.42. The minimum atomic E-state index is -1.08. The van der Waals surface area contributed by atoms with Crippen LogP contribution in [0.25, 0.3) is 32.9 Å².